The number of rotatable bonds is 63. The number of ether oxygens (including phenoxy) is 5. The second-order valence-corrected chi connectivity index (χ2v) is 23.6. The minimum Gasteiger partial charge on any atom is -0.462 e. The fraction of sp³-hybridized carbons (Fsp3) is 0.841. The van der Waals surface area contributed by atoms with E-state index in [0.717, 1.165) is 55.6 Å². The molecule has 0 radical (unpaired) electrons. The van der Waals surface area contributed by atoms with Crippen LogP contribution in [0.3, 0.4) is 0 Å². The summed E-state index contributed by atoms with van der Waals surface area (Å²) in [6.45, 7) is 4.63. The van der Waals surface area contributed by atoms with E-state index in [0.29, 0.717) is 12.8 Å². The van der Waals surface area contributed by atoms with E-state index in [1.807, 2.05) is 0 Å². The van der Waals surface area contributed by atoms with Crippen LogP contribution >= 0.6 is 7.82 Å². The Hall–Kier alpha value is -4.31. The number of unbranched alkanes of at least 4 members (excludes halogenated alkanes) is 28. The first kappa shape index (κ1) is 79.7. The molecule has 86 heavy (non-hydrogen) atoms. The van der Waals surface area contributed by atoms with Gasteiger partial charge in [0.05, 0.1) is 52.9 Å². The van der Waals surface area contributed by atoms with E-state index in [4.69, 9.17) is 32.7 Å². The Balaban J connectivity index is 2.24. The lowest BCUT2D eigenvalue weighted by Crippen LogP contribution is -2.35. The molecule has 0 aromatic carbocycles. The van der Waals surface area contributed by atoms with Gasteiger partial charge in [0.2, 0.25) is 23.6 Å². The number of amides is 6. The molecule has 1 rings (SSSR count). The molecule has 0 spiro atoms. The number of nitrogens with one attached hydrogen (secondary N) is 4. The number of carbonyl (C=O) groups excluding carboxylic acids is 8. The van der Waals surface area contributed by atoms with Gasteiger partial charge in [0.15, 0.2) is 6.10 Å². The van der Waals surface area contributed by atoms with E-state index >= 15 is 0 Å². The van der Waals surface area contributed by atoms with Gasteiger partial charge in [-0.2, -0.15) is 0 Å². The molecule has 0 saturated carbocycles. The standard InChI is InChI=1S/C63H114N5O17P/c1-3-5-7-9-11-13-15-17-19-21-23-25-27-29-31-33-62(75)82-53-55(85-63(76)34-32-30-28-26-24-22-20-18-16-14-12-10-8-6-4-2)54-84-86(77,78)83-52-44-67-59(72)40-48-81-51-43-66-58(71)39-47-80-50-42-65-57(70)38-46-79-49-41-64-56(69)37-45-68-60(73)35-36-61(68)74/h35-36,55H,3-34,37-54H2,1-2H3,(H,64,69)(H,65,70)(H,66,71)(H,67,72)(H,77,78)/t55-/m1/s1. The number of esters is 2. The summed E-state index contributed by atoms with van der Waals surface area (Å²) in [6, 6.07) is 0. The van der Waals surface area contributed by atoms with Crippen LogP contribution in [0.4, 0.5) is 0 Å². The largest absolute Gasteiger partial charge is 0.472 e. The molecule has 0 aromatic heterocycles. The molecule has 22 nitrogen and oxygen atoms in total. The Labute approximate surface area is 515 Å². The third kappa shape index (κ3) is 51.7. The summed E-state index contributed by atoms with van der Waals surface area (Å²) in [5.41, 5.74) is 0. The molecular formula is C63H114N5O17P. The Bertz CT molecular complexity index is 1860. The SMILES string of the molecule is CCCCCCCCCCCCCCCCCC(=O)OC[C@H](COP(=O)(O)OCCNC(=O)CCOCCNC(=O)CCOCCNC(=O)CCOCCNC(=O)CCN1C(=O)C=CC1=O)OC(=O)CCCCCCCCCCCCCCCCC. The van der Waals surface area contributed by atoms with Crippen LogP contribution in [0.2, 0.25) is 0 Å². The monoisotopic (exact) mass is 1240 g/mol. The van der Waals surface area contributed by atoms with Gasteiger partial charge < -0.3 is 49.8 Å². The van der Waals surface area contributed by atoms with Crippen LogP contribution in [0.25, 0.3) is 0 Å². The average molecular weight is 1240 g/mol. The molecule has 0 bridgehead atoms. The second kappa shape index (κ2) is 57.2. The molecule has 498 valence electrons. The molecule has 0 aromatic rings. The van der Waals surface area contributed by atoms with E-state index in [1.165, 1.54) is 141 Å². The van der Waals surface area contributed by atoms with Gasteiger partial charge in [0.25, 0.3) is 11.8 Å². The Morgan fingerprint density at radius 2 is 0.744 bits per heavy atom. The summed E-state index contributed by atoms with van der Waals surface area (Å²) < 4.78 is 50.2. The molecule has 1 unspecified atom stereocenters. The van der Waals surface area contributed by atoms with E-state index in [1.54, 1.807) is 0 Å². The Kier molecular flexibility index (Phi) is 53.0. The third-order valence-electron chi connectivity index (χ3n) is 14.4. The lowest BCUT2D eigenvalue weighted by molar-refractivity contribution is -0.161. The van der Waals surface area contributed by atoms with Crippen molar-refractivity contribution in [1.29, 1.82) is 0 Å². The molecular weight excluding hydrogens is 1130 g/mol. The van der Waals surface area contributed by atoms with Crippen LogP contribution in [0, 0.1) is 0 Å². The molecule has 0 aliphatic carbocycles. The number of carbonyl (C=O) groups is 8. The van der Waals surface area contributed by atoms with Gasteiger partial charge in [-0.15, -0.1) is 0 Å². The lowest BCUT2D eigenvalue weighted by Gasteiger charge is -2.20. The number of nitrogens with zero attached hydrogens (tertiary/aromatic N) is 1. The molecule has 1 aliphatic heterocycles. The zero-order valence-electron chi connectivity index (χ0n) is 53.0. The van der Waals surface area contributed by atoms with E-state index in [9.17, 15) is 47.8 Å². The van der Waals surface area contributed by atoms with Gasteiger partial charge in [-0.1, -0.05) is 194 Å². The quantitative estimate of drug-likeness (QED) is 0.0164. The minimum atomic E-state index is -4.66. The molecule has 1 heterocycles. The normalized spacial score (nSPS) is 13.2. The third-order valence-corrected chi connectivity index (χ3v) is 15.4. The summed E-state index contributed by atoms with van der Waals surface area (Å²) >= 11 is 0. The van der Waals surface area contributed by atoms with E-state index in [-0.39, 0.29) is 142 Å². The maximum atomic E-state index is 12.9. The Morgan fingerprint density at radius 1 is 0.419 bits per heavy atom. The average Bonchev–Trinajstić information content (AvgIpc) is 4.10. The van der Waals surface area contributed by atoms with Crippen LogP contribution in [0.1, 0.15) is 245 Å². The van der Waals surface area contributed by atoms with Gasteiger partial charge >= 0.3 is 19.8 Å². The summed E-state index contributed by atoms with van der Waals surface area (Å²) in [7, 11) is -4.66. The van der Waals surface area contributed by atoms with Crippen molar-refractivity contribution >= 4 is 55.2 Å². The van der Waals surface area contributed by atoms with Crippen molar-refractivity contribution < 1.29 is 80.5 Å². The van der Waals surface area contributed by atoms with Crippen molar-refractivity contribution in [3.63, 3.8) is 0 Å². The molecule has 1 aliphatic rings. The first-order valence-electron chi connectivity index (χ1n) is 33.1. The predicted octanol–water partition coefficient (Wildman–Crippen LogP) is 10.1. The number of phosphoric ester groups is 1. The van der Waals surface area contributed by atoms with Crippen LogP contribution < -0.4 is 21.3 Å². The van der Waals surface area contributed by atoms with Crippen molar-refractivity contribution in [3.8, 4) is 0 Å². The fourth-order valence-electron chi connectivity index (χ4n) is 9.27. The smallest absolute Gasteiger partial charge is 0.462 e. The zero-order chi connectivity index (χ0) is 62.8. The van der Waals surface area contributed by atoms with Crippen molar-refractivity contribution in [1.82, 2.24) is 26.2 Å². The van der Waals surface area contributed by atoms with Crippen molar-refractivity contribution in [2.45, 2.75) is 251 Å². The minimum absolute atomic E-state index is 0.00693. The van der Waals surface area contributed by atoms with Crippen molar-refractivity contribution in [2.24, 2.45) is 0 Å². The first-order valence-corrected chi connectivity index (χ1v) is 34.6. The number of hydrogen-bond acceptors (Lipinski definition) is 16. The van der Waals surface area contributed by atoms with E-state index < -0.39 is 50.2 Å². The highest BCUT2D eigenvalue weighted by atomic mass is 31.2. The summed E-state index contributed by atoms with van der Waals surface area (Å²) in [6.07, 6.45) is 37.9. The highest BCUT2D eigenvalue weighted by Gasteiger charge is 2.27. The zero-order valence-corrected chi connectivity index (χ0v) is 53.9. The number of hydrogen-bond donors (Lipinski definition) is 5. The van der Waals surface area contributed by atoms with Crippen LogP contribution in [0.15, 0.2) is 12.2 Å². The highest BCUT2D eigenvalue weighted by molar-refractivity contribution is 7.47. The lowest BCUT2D eigenvalue weighted by atomic mass is 10.0. The predicted molar refractivity (Wildman–Crippen MR) is 330 cm³/mol. The van der Waals surface area contributed by atoms with Gasteiger partial charge in [0, 0.05) is 83.4 Å². The molecule has 5 N–H and O–H groups in total. The number of phosphoric acid groups is 1. The molecule has 0 fully saturated rings. The van der Waals surface area contributed by atoms with Gasteiger partial charge in [0.1, 0.15) is 6.61 Å². The number of imide groups is 1. The van der Waals surface area contributed by atoms with E-state index in [2.05, 4.69) is 35.1 Å². The van der Waals surface area contributed by atoms with Crippen LogP contribution in [0.5, 0.6) is 0 Å². The maximum Gasteiger partial charge on any atom is 0.472 e. The molecule has 6 amide bonds. The van der Waals surface area contributed by atoms with Gasteiger partial charge in [-0.25, -0.2) is 4.57 Å². The molecule has 0 saturated heterocycles. The molecule has 23 heteroatoms. The first-order chi connectivity index (χ1) is 41.8. The van der Waals surface area contributed by atoms with Crippen LogP contribution in [-0.4, -0.2) is 155 Å². The summed E-state index contributed by atoms with van der Waals surface area (Å²) in [4.78, 5) is 108. The van der Waals surface area contributed by atoms with Crippen molar-refractivity contribution in [3.05, 3.63) is 12.2 Å². The maximum absolute atomic E-state index is 12.9. The van der Waals surface area contributed by atoms with Gasteiger partial charge in [-0.3, -0.25) is 52.3 Å². The van der Waals surface area contributed by atoms with Crippen LogP contribution in [-0.2, 0) is 75.7 Å². The fourth-order valence-corrected chi connectivity index (χ4v) is 10.0. The molecule has 2 atom stereocenters. The summed E-state index contributed by atoms with van der Waals surface area (Å²) in [5, 5.41) is 10.5. The summed E-state index contributed by atoms with van der Waals surface area (Å²) in [5.74, 6) is -3.10. The topological polar surface area (TPSA) is 290 Å². The highest BCUT2D eigenvalue weighted by Crippen LogP contribution is 2.43. The second-order valence-electron chi connectivity index (χ2n) is 22.2. The van der Waals surface area contributed by atoms with Gasteiger partial charge in [-0.05, 0) is 12.8 Å². The Morgan fingerprint density at radius 3 is 1.12 bits per heavy atom. The van der Waals surface area contributed by atoms with Crippen molar-refractivity contribution in [2.75, 3.05) is 92.2 Å².